The molecule has 2 rings (SSSR count). The Morgan fingerprint density at radius 3 is 2.57 bits per heavy atom. The standard InChI is InChI=1S/C15H17BrCl2N2O/c1-3-12-15(16)13(20(4-2)19-12)8-14(21)9-5-6-10(17)11(18)7-9/h5-7,14,21H,3-4,8H2,1-2H3. The molecule has 0 amide bonds. The molecule has 3 nitrogen and oxygen atoms in total. The predicted octanol–water partition coefficient (Wildman–Crippen LogP) is 4.81. The summed E-state index contributed by atoms with van der Waals surface area (Å²) in [6.07, 6.45) is 0.672. The topological polar surface area (TPSA) is 38.0 Å². The second kappa shape index (κ2) is 7.14. The number of rotatable bonds is 5. The van der Waals surface area contributed by atoms with Crippen molar-refractivity contribution in [2.75, 3.05) is 0 Å². The van der Waals surface area contributed by atoms with Gasteiger partial charge in [0.2, 0.25) is 0 Å². The Morgan fingerprint density at radius 2 is 2.00 bits per heavy atom. The van der Waals surface area contributed by atoms with E-state index in [1.807, 2.05) is 11.6 Å². The number of benzene rings is 1. The molecule has 1 heterocycles. The second-order valence-electron chi connectivity index (χ2n) is 4.77. The van der Waals surface area contributed by atoms with Crippen LogP contribution in [0.3, 0.4) is 0 Å². The zero-order chi connectivity index (χ0) is 15.6. The number of nitrogens with zero attached hydrogens (tertiary/aromatic N) is 2. The van der Waals surface area contributed by atoms with Gasteiger partial charge >= 0.3 is 0 Å². The maximum atomic E-state index is 10.5. The minimum absolute atomic E-state index is 0.450. The van der Waals surface area contributed by atoms with E-state index in [1.165, 1.54) is 0 Å². The third kappa shape index (κ3) is 3.62. The van der Waals surface area contributed by atoms with Gasteiger partial charge in [0.05, 0.1) is 32.0 Å². The van der Waals surface area contributed by atoms with Crippen molar-refractivity contribution < 1.29 is 5.11 Å². The molecule has 0 aliphatic rings. The summed E-state index contributed by atoms with van der Waals surface area (Å²) in [5.41, 5.74) is 2.75. The minimum atomic E-state index is -0.650. The molecule has 1 N–H and O–H groups in total. The van der Waals surface area contributed by atoms with Crippen LogP contribution in [0.4, 0.5) is 0 Å². The Hall–Kier alpha value is -0.550. The van der Waals surface area contributed by atoms with Crippen LogP contribution in [0.2, 0.25) is 10.0 Å². The van der Waals surface area contributed by atoms with Crippen molar-refractivity contribution in [3.05, 3.63) is 49.7 Å². The first-order chi connectivity index (χ1) is 9.97. The molecule has 1 aromatic heterocycles. The van der Waals surface area contributed by atoms with E-state index >= 15 is 0 Å². The first-order valence-corrected chi connectivity index (χ1v) is 8.39. The molecule has 114 valence electrons. The SMILES string of the molecule is CCc1nn(CC)c(CC(O)c2ccc(Cl)c(Cl)c2)c1Br. The lowest BCUT2D eigenvalue weighted by Crippen LogP contribution is -2.09. The Labute approximate surface area is 143 Å². The zero-order valence-electron chi connectivity index (χ0n) is 11.9. The van der Waals surface area contributed by atoms with E-state index in [0.29, 0.717) is 16.5 Å². The third-order valence-corrected chi connectivity index (χ3v) is 5.06. The average Bonchev–Trinajstić information content (AvgIpc) is 2.78. The summed E-state index contributed by atoms with van der Waals surface area (Å²) >= 11 is 15.5. The van der Waals surface area contributed by atoms with Crippen LogP contribution in [0.5, 0.6) is 0 Å². The second-order valence-corrected chi connectivity index (χ2v) is 6.38. The first kappa shape index (κ1) is 16.8. The molecule has 0 saturated carbocycles. The molecule has 1 aromatic carbocycles. The maximum Gasteiger partial charge on any atom is 0.0846 e. The van der Waals surface area contributed by atoms with E-state index in [0.717, 1.165) is 34.4 Å². The summed E-state index contributed by atoms with van der Waals surface area (Å²) in [7, 11) is 0. The highest BCUT2D eigenvalue weighted by molar-refractivity contribution is 9.10. The number of hydrogen-bond acceptors (Lipinski definition) is 2. The molecule has 21 heavy (non-hydrogen) atoms. The molecule has 0 bridgehead atoms. The minimum Gasteiger partial charge on any atom is -0.388 e. The van der Waals surface area contributed by atoms with Crippen molar-refractivity contribution in [1.82, 2.24) is 9.78 Å². The summed E-state index contributed by atoms with van der Waals surface area (Å²) < 4.78 is 2.90. The first-order valence-electron chi connectivity index (χ1n) is 6.84. The lowest BCUT2D eigenvalue weighted by atomic mass is 10.0. The van der Waals surface area contributed by atoms with Crippen molar-refractivity contribution in [2.45, 2.75) is 39.3 Å². The van der Waals surface area contributed by atoms with Crippen LogP contribution in [-0.4, -0.2) is 14.9 Å². The van der Waals surface area contributed by atoms with E-state index in [4.69, 9.17) is 23.2 Å². The van der Waals surface area contributed by atoms with Crippen molar-refractivity contribution in [3.63, 3.8) is 0 Å². The molecule has 0 saturated heterocycles. The molecular formula is C15H17BrCl2N2O. The van der Waals surface area contributed by atoms with Crippen molar-refractivity contribution in [1.29, 1.82) is 0 Å². The van der Waals surface area contributed by atoms with Crippen LogP contribution < -0.4 is 0 Å². The van der Waals surface area contributed by atoms with Gasteiger partial charge in [-0.1, -0.05) is 36.2 Å². The fourth-order valence-corrected chi connectivity index (χ4v) is 3.27. The fraction of sp³-hybridized carbons (Fsp3) is 0.400. The number of aromatic nitrogens is 2. The van der Waals surface area contributed by atoms with Gasteiger partial charge < -0.3 is 5.11 Å². The van der Waals surface area contributed by atoms with E-state index in [1.54, 1.807) is 18.2 Å². The van der Waals surface area contributed by atoms with E-state index < -0.39 is 6.10 Å². The van der Waals surface area contributed by atoms with Gasteiger partial charge in [-0.3, -0.25) is 4.68 Å². The van der Waals surface area contributed by atoms with E-state index in [9.17, 15) is 5.11 Å². The highest BCUT2D eigenvalue weighted by Gasteiger charge is 2.18. The lowest BCUT2D eigenvalue weighted by Gasteiger charge is -2.13. The quantitative estimate of drug-likeness (QED) is 0.793. The van der Waals surface area contributed by atoms with Gasteiger partial charge in [0, 0.05) is 13.0 Å². The summed E-state index contributed by atoms with van der Waals surface area (Å²) in [5, 5.41) is 15.9. The molecule has 0 spiro atoms. The number of aryl methyl sites for hydroxylation is 2. The molecule has 2 aromatic rings. The van der Waals surface area contributed by atoms with E-state index in [2.05, 4.69) is 28.0 Å². The Kier molecular flexibility index (Phi) is 5.72. The van der Waals surface area contributed by atoms with Crippen LogP contribution in [-0.2, 0) is 19.4 Å². The van der Waals surface area contributed by atoms with Gasteiger partial charge in [-0.05, 0) is 47.0 Å². The van der Waals surface area contributed by atoms with Gasteiger partial charge in [0.15, 0.2) is 0 Å². The summed E-state index contributed by atoms with van der Waals surface area (Å²) in [6.45, 7) is 4.86. The Morgan fingerprint density at radius 1 is 1.29 bits per heavy atom. The highest BCUT2D eigenvalue weighted by atomic mass is 79.9. The molecule has 0 aliphatic carbocycles. The Balaban J connectivity index is 2.28. The number of aliphatic hydroxyl groups is 1. The Bertz CT molecular complexity index is 643. The summed E-state index contributed by atoms with van der Waals surface area (Å²) in [5.74, 6) is 0. The number of halogens is 3. The summed E-state index contributed by atoms with van der Waals surface area (Å²) in [4.78, 5) is 0. The van der Waals surface area contributed by atoms with Gasteiger partial charge in [-0.2, -0.15) is 5.10 Å². The molecule has 6 heteroatoms. The van der Waals surface area contributed by atoms with Gasteiger partial charge in [0.25, 0.3) is 0 Å². The molecule has 1 atom stereocenters. The van der Waals surface area contributed by atoms with Crippen LogP contribution in [0.1, 0.15) is 36.9 Å². The van der Waals surface area contributed by atoms with Crippen LogP contribution in [0.15, 0.2) is 22.7 Å². The molecule has 0 radical (unpaired) electrons. The van der Waals surface area contributed by atoms with Gasteiger partial charge in [-0.25, -0.2) is 0 Å². The summed E-state index contributed by atoms with van der Waals surface area (Å²) in [6, 6.07) is 5.20. The van der Waals surface area contributed by atoms with E-state index in [-0.39, 0.29) is 0 Å². The highest BCUT2D eigenvalue weighted by Crippen LogP contribution is 2.30. The number of hydrogen-bond donors (Lipinski definition) is 1. The third-order valence-electron chi connectivity index (χ3n) is 3.41. The van der Waals surface area contributed by atoms with Gasteiger partial charge in [-0.15, -0.1) is 0 Å². The van der Waals surface area contributed by atoms with Crippen LogP contribution >= 0.6 is 39.1 Å². The lowest BCUT2D eigenvalue weighted by molar-refractivity contribution is 0.175. The maximum absolute atomic E-state index is 10.5. The smallest absolute Gasteiger partial charge is 0.0846 e. The number of aliphatic hydroxyl groups excluding tert-OH is 1. The molecule has 1 unspecified atom stereocenters. The van der Waals surface area contributed by atoms with Crippen molar-refractivity contribution >= 4 is 39.1 Å². The van der Waals surface area contributed by atoms with Crippen LogP contribution in [0, 0.1) is 0 Å². The average molecular weight is 392 g/mol. The molecule has 0 aliphatic heterocycles. The molecular weight excluding hydrogens is 375 g/mol. The predicted molar refractivity (Wildman–Crippen MR) is 90.1 cm³/mol. The largest absolute Gasteiger partial charge is 0.388 e. The normalized spacial score (nSPS) is 12.7. The zero-order valence-corrected chi connectivity index (χ0v) is 15.0. The molecule has 0 fully saturated rings. The van der Waals surface area contributed by atoms with Crippen molar-refractivity contribution in [2.24, 2.45) is 0 Å². The fourth-order valence-electron chi connectivity index (χ4n) is 2.23. The van der Waals surface area contributed by atoms with Crippen LogP contribution in [0.25, 0.3) is 0 Å². The van der Waals surface area contributed by atoms with Crippen molar-refractivity contribution in [3.8, 4) is 0 Å². The monoisotopic (exact) mass is 390 g/mol. The van der Waals surface area contributed by atoms with Gasteiger partial charge in [0.1, 0.15) is 0 Å².